The summed E-state index contributed by atoms with van der Waals surface area (Å²) >= 11 is 0. The summed E-state index contributed by atoms with van der Waals surface area (Å²) in [6, 6.07) is 11.8. The van der Waals surface area contributed by atoms with Crippen molar-refractivity contribution < 1.29 is 48.3 Å². The Hall–Kier alpha value is -4.02. The number of carbonyl (C=O) groups excluding carboxylic acids is 4. The van der Waals surface area contributed by atoms with Crippen molar-refractivity contribution in [3.63, 3.8) is 0 Å². The number of carbonyl (C=O) groups is 4. The maximum Gasteiger partial charge on any atom is 0.336 e. The molecule has 0 unspecified atom stereocenters. The van der Waals surface area contributed by atoms with Gasteiger partial charge in [-0.25, -0.2) is 4.79 Å². The molecule has 0 spiro atoms. The summed E-state index contributed by atoms with van der Waals surface area (Å²) < 4.78 is 20.4. The van der Waals surface area contributed by atoms with Gasteiger partial charge in [-0.2, -0.15) is 0 Å². The molecule has 10 nitrogen and oxygen atoms in total. The molecule has 0 amide bonds. The van der Waals surface area contributed by atoms with Crippen LogP contribution in [0, 0.1) is 0 Å². The quantitative estimate of drug-likeness (QED) is 0.177. The number of esters is 2. The van der Waals surface area contributed by atoms with Crippen LogP contribution in [0.4, 0.5) is 0 Å². The lowest BCUT2D eigenvalue weighted by molar-refractivity contribution is -0.153. The lowest BCUT2D eigenvalue weighted by Gasteiger charge is -2.15. The number of rotatable bonds is 13. The third kappa shape index (κ3) is 9.17. The topological polar surface area (TPSA) is 146 Å². The van der Waals surface area contributed by atoms with Crippen molar-refractivity contribution in [3.8, 4) is 11.5 Å². The van der Waals surface area contributed by atoms with Crippen molar-refractivity contribution in [2.75, 3.05) is 13.6 Å². The molecule has 0 aliphatic carbocycles. The molecule has 0 saturated carbocycles. The van der Waals surface area contributed by atoms with Gasteiger partial charge in [0.25, 0.3) is 0 Å². The van der Waals surface area contributed by atoms with E-state index in [1.54, 1.807) is 0 Å². The van der Waals surface area contributed by atoms with Crippen molar-refractivity contribution in [2.24, 2.45) is 0 Å². The molecule has 0 atom stereocenters. The number of hydrogen-bond acceptors (Lipinski definition) is 10. The Balaban J connectivity index is 1.70. The summed E-state index contributed by atoms with van der Waals surface area (Å²) in [6.45, 7) is 8.16. The highest BCUT2D eigenvalue weighted by molar-refractivity contribution is 6.02. The second-order valence-corrected chi connectivity index (χ2v) is 9.08. The maximum absolute atomic E-state index is 12.0. The van der Waals surface area contributed by atoms with Gasteiger partial charge in [0.15, 0.2) is 11.6 Å². The molecule has 37 heavy (non-hydrogen) atoms. The normalized spacial score (nSPS) is 11.3. The van der Waals surface area contributed by atoms with Gasteiger partial charge in [0.2, 0.25) is 13.6 Å². The fraction of sp³-hybridized carbons (Fsp3) is 0.333. The number of benzene rings is 2. The van der Waals surface area contributed by atoms with Crippen LogP contribution in [0.3, 0.4) is 0 Å². The van der Waals surface area contributed by atoms with Crippen LogP contribution in [0.25, 0.3) is 0 Å². The van der Waals surface area contributed by atoms with Gasteiger partial charge in [-0.1, -0.05) is 6.58 Å². The molecule has 198 valence electrons. The minimum atomic E-state index is -1.50. The monoisotopic (exact) mass is 514 g/mol. The summed E-state index contributed by atoms with van der Waals surface area (Å²) in [5.41, 5.74) is -2.57. The van der Waals surface area contributed by atoms with Crippen LogP contribution in [0.15, 0.2) is 60.7 Å². The van der Waals surface area contributed by atoms with Crippen molar-refractivity contribution >= 4 is 23.5 Å². The summed E-state index contributed by atoms with van der Waals surface area (Å²) in [4.78, 5) is 48.0. The number of hydrogen-bond donors (Lipinski definition) is 2. The summed E-state index contributed by atoms with van der Waals surface area (Å²) in [5, 5.41) is 19.5. The summed E-state index contributed by atoms with van der Waals surface area (Å²) in [7, 11) is 0. The Kier molecular flexibility index (Phi) is 9.70. The molecular weight excluding hydrogens is 484 g/mol. The van der Waals surface area contributed by atoms with E-state index in [2.05, 4.69) is 6.58 Å². The Bertz CT molecular complexity index is 1130. The molecule has 0 aromatic heterocycles. The van der Waals surface area contributed by atoms with Gasteiger partial charge in [-0.3, -0.25) is 14.4 Å². The second kappa shape index (κ2) is 12.3. The molecule has 0 radical (unpaired) electrons. The summed E-state index contributed by atoms with van der Waals surface area (Å²) in [5.74, 6) is -1.89. The van der Waals surface area contributed by atoms with Crippen LogP contribution in [-0.4, -0.2) is 58.5 Å². The van der Waals surface area contributed by atoms with Crippen molar-refractivity contribution in [2.45, 2.75) is 45.3 Å². The van der Waals surface area contributed by atoms with Crippen LogP contribution in [0.1, 0.15) is 54.8 Å². The van der Waals surface area contributed by atoms with Crippen molar-refractivity contribution in [1.29, 1.82) is 0 Å². The van der Waals surface area contributed by atoms with E-state index in [1.165, 1.54) is 76.2 Å². The largest absolute Gasteiger partial charge is 0.457 e. The molecule has 10 heteroatoms. The predicted molar refractivity (Wildman–Crippen MR) is 131 cm³/mol. The number of ketones is 2. The van der Waals surface area contributed by atoms with Crippen molar-refractivity contribution in [1.82, 2.24) is 0 Å². The van der Waals surface area contributed by atoms with Crippen LogP contribution >= 0.6 is 0 Å². The smallest absolute Gasteiger partial charge is 0.336 e. The van der Waals surface area contributed by atoms with Crippen LogP contribution in [0.5, 0.6) is 11.5 Å². The van der Waals surface area contributed by atoms with Gasteiger partial charge in [0.1, 0.15) is 22.7 Å². The first-order chi connectivity index (χ1) is 17.2. The Labute approximate surface area is 214 Å². The van der Waals surface area contributed by atoms with Crippen LogP contribution in [0.2, 0.25) is 0 Å². The van der Waals surface area contributed by atoms with E-state index in [0.29, 0.717) is 22.6 Å². The van der Waals surface area contributed by atoms with Gasteiger partial charge in [-0.15, -0.1) is 0 Å². The highest BCUT2D eigenvalue weighted by Crippen LogP contribution is 2.18. The van der Waals surface area contributed by atoms with E-state index < -0.39 is 54.7 Å². The molecule has 0 aliphatic heterocycles. The van der Waals surface area contributed by atoms with Gasteiger partial charge in [-0.05, 0) is 76.2 Å². The minimum absolute atomic E-state index is 0.158. The van der Waals surface area contributed by atoms with E-state index in [-0.39, 0.29) is 5.57 Å². The molecule has 0 fully saturated rings. The second-order valence-electron chi connectivity index (χ2n) is 9.08. The molecule has 2 N–H and O–H groups in total. The lowest BCUT2D eigenvalue weighted by atomic mass is 9.97. The Morgan fingerprint density at radius 2 is 1.08 bits per heavy atom. The number of Topliss-reactive ketones (excluding diaryl/α,β-unsaturated/α-hetero) is 2. The van der Waals surface area contributed by atoms with Crippen molar-refractivity contribution in [3.05, 3.63) is 71.8 Å². The average Bonchev–Trinajstić information content (AvgIpc) is 2.82. The maximum atomic E-state index is 12.0. The highest BCUT2D eigenvalue weighted by atomic mass is 16.7. The molecule has 2 aromatic rings. The lowest BCUT2D eigenvalue weighted by Crippen LogP contribution is -2.31. The van der Waals surface area contributed by atoms with E-state index in [9.17, 15) is 29.4 Å². The molecular formula is C27H30O10. The third-order valence-electron chi connectivity index (χ3n) is 4.85. The standard InChI is InChI=1S/C27H30O10/c1-17(25(31)37-16-35-21-12-8-19(9-13-21)24(30)27(4,5)33)14-22(28)36-15-34-20-10-6-18(7-11-20)23(29)26(2,3)32/h6-13,32-33H,1,14-16H2,2-5H3. The zero-order chi connectivity index (χ0) is 27.8. The first kappa shape index (κ1) is 29.2. The molecule has 2 rings (SSSR count). The van der Waals surface area contributed by atoms with E-state index in [1.807, 2.05) is 0 Å². The third-order valence-corrected chi connectivity index (χ3v) is 4.85. The van der Waals surface area contributed by atoms with Gasteiger partial charge in [0.05, 0.1) is 6.42 Å². The average molecular weight is 515 g/mol. The molecule has 0 aliphatic rings. The molecule has 0 heterocycles. The predicted octanol–water partition coefficient (Wildman–Crippen LogP) is 3.00. The van der Waals surface area contributed by atoms with E-state index in [0.717, 1.165) is 0 Å². The highest BCUT2D eigenvalue weighted by Gasteiger charge is 2.26. The minimum Gasteiger partial charge on any atom is -0.457 e. The molecule has 2 aromatic carbocycles. The fourth-order valence-corrected chi connectivity index (χ4v) is 2.83. The van der Waals surface area contributed by atoms with Gasteiger partial charge in [0, 0.05) is 16.7 Å². The van der Waals surface area contributed by atoms with Gasteiger partial charge >= 0.3 is 11.9 Å². The number of aliphatic hydroxyl groups is 2. The van der Waals surface area contributed by atoms with Gasteiger partial charge < -0.3 is 29.2 Å². The SMILES string of the molecule is C=C(CC(=O)OCOc1ccc(C(=O)C(C)(C)O)cc1)C(=O)OCOc1ccc(C(=O)C(C)(C)O)cc1. The zero-order valence-corrected chi connectivity index (χ0v) is 21.1. The number of ether oxygens (including phenoxy) is 4. The Morgan fingerprint density at radius 3 is 1.46 bits per heavy atom. The first-order valence-corrected chi connectivity index (χ1v) is 11.2. The van der Waals surface area contributed by atoms with Crippen LogP contribution < -0.4 is 9.47 Å². The van der Waals surface area contributed by atoms with Crippen LogP contribution in [-0.2, 0) is 19.1 Å². The molecule has 0 saturated heterocycles. The van der Waals surface area contributed by atoms with E-state index in [4.69, 9.17) is 18.9 Å². The summed E-state index contributed by atoms with van der Waals surface area (Å²) in [6.07, 6.45) is -0.436. The first-order valence-electron chi connectivity index (χ1n) is 11.2. The molecule has 0 bridgehead atoms. The zero-order valence-electron chi connectivity index (χ0n) is 21.1. The van der Waals surface area contributed by atoms with E-state index >= 15 is 0 Å². The Morgan fingerprint density at radius 1 is 0.703 bits per heavy atom. The fourth-order valence-electron chi connectivity index (χ4n) is 2.83.